The van der Waals surface area contributed by atoms with Crippen LogP contribution in [0.25, 0.3) is 5.82 Å². The van der Waals surface area contributed by atoms with E-state index in [1.54, 1.807) is 17.2 Å². The van der Waals surface area contributed by atoms with Crippen molar-refractivity contribution < 1.29 is 0 Å². The molecule has 1 unspecified atom stereocenters. The van der Waals surface area contributed by atoms with Crippen LogP contribution < -0.4 is 4.90 Å². The van der Waals surface area contributed by atoms with E-state index in [0.29, 0.717) is 6.04 Å². The number of anilines is 1. The van der Waals surface area contributed by atoms with Gasteiger partial charge in [-0.15, -0.1) is 0 Å². The van der Waals surface area contributed by atoms with Gasteiger partial charge in [0.05, 0.1) is 0 Å². The van der Waals surface area contributed by atoms with E-state index in [4.69, 9.17) is 0 Å². The van der Waals surface area contributed by atoms with Gasteiger partial charge in [0.2, 0.25) is 0 Å². The number of hydrogen-bond acceptors (Lipinski definition) is 5. The molecule has 0 spiro atoms. The minimum absolute atomic E-state index is 0.486. The number of piperazine rings is 1. The molecule has 0 radical (unpaired) electrons. The molecule has 1 saturated heterocycles. The molecular formula is C15H20N6. The smallest absolute Gasteiger partial charge is 0.158 e. The van der Waals surface area contributed by atoms with Crippen molar-refractivity contribution in [1.29, 1.82) is 0 Å². The Balaban J connectivity index is 1.54. The highest BCUT2D eigenvalue weighted by atomic mass is 15.3. The van der Waals surface area contributed by atoms with Crippen LogP contribution in [-0.4, -0.2) is 56.4 Å². The van der Waals surface area contributed by atoms with Gasteiger partial charge in [-0.1, -0.05) is 0 Å². The summed E-state index contributed by atoms with van der Waals surface area (Å²) in [6.07, 6.45) is 8.05. The highest BCUT2D eigenvalue weighted by molar-refractivity contribution is 5.44. The van der Waals surface area contributed by atoms with E-state index in [2.05, 4.69) is 31.8 Å². The minimum atomic E-state index is 0.486. The first-order valence-corrected chi connectivity index (χ1v) is 7.64. The van der Waals surface area contributed by atoms with E-state index in [9.17, 15) is 0 Å². The largest absolute Gasteiger partial charge is 0.351 e. The van der Waals surface area contributed by atoms with E-state index < -0.39 is 0 Å². The number of nitrogens with zero attached hydrogens (tertiary/aromatic N) is 6. The van der Waals surface area contributed by atoms with E-state index in [1.807, 2.05) is 18.3 Å². The zero-order valence-electron chi connectivity index (χ0n) is 12.3. The Morgan fingerprint density at radius 3 is 2.71 bits per heavy atom. The Morgan fingerprint density at radius 2 is 2.00 bits per heavy atom. The van der Waals surface area contributed by atoms with Gasteiger partial charge < -0.3 is 4.90 Å². The summed E-state index contributed by atoms with van der Waals surface area (Å²) in [6, 6.07) is 5.26. The molecule has 1 aliphatic heterocycles. The molecular weight excluding hydrogens is 264 g/mol. The summed E-state index contributed by atoms with van der Waals surface area (Å²) in [7, 11) is 0. The van der Waals surface area contributed by atoms with Gasteiger partial charge in [-0.2, -0.15) is 5.10 Å². The number of rotatable bonds is 3. The van der Waals surface area contributed by atoms with Crippen LogP contribution in [0.4, 0.5) is 5.82 Å². The Kier molecular flexibility index (Phi) is 3.11. The van der Waals surface area contributed by atoms with Crippen molar-refractivity contribution in [2.45, 2.75) is 31.8 Å². The van der Waals surface area contributed by atoms with Crippen LogP contribution in [0, 0.1) is 0 Å². The van der Waals surface area contributed by atoms with E-state index in [0.717, 1.165) is 37.3 Å². The van der Waals surface area contributed by atoms with Gasteiger partial charge in [-0.05, 0) is 25.8 Å². The topological polar surface area (TPSA) is 50.1 Å². The van der Waals surface area contributed by atoms with Crippen LogP contribution in [0.3, 0.4) is 0 Å². The van der Waals surface area contributed by atoms with Gasteiger partial charge in [0.1, 0.15) is 12.1 Å². The van der Waals surface area contributed by atoms with Gasteiger partial charge >= 0.3 is 0 Å². The zero-order chi connectivity index (χ0) is 14.2. The first-order chi connectivity index (χ1) is 10.3. The van der Waals surface area contributed by atoms with Crippen LogP contribution in [0.2, 0.25) is 0 Å². The van der Waals surface area contributed by atoms with Gasteiger partial charge in [-0.25, -0.2) is 14.6 Å². The van der Waals surface area contributed by atoms with Crippen molar-refractivity contribution in [1.82, 2.24) is 24.6 Å². The molecule has 110 valence electrons. The fourth-order valence-electron chi connectivity index (χ4n) is 3.12. The second-order valence-electron chi connectivity index (χ2n) is 5.95. The lowest BCUT2D eigenvalue weighted by Gasteiger charge is -2.40. The highest BCUT2D eigenvalue weighted by Crippen LogP contribution is 2.30. The molecule has 1 atom stereocenters. The lowest BCUT2D eigenvalue weighted by molar-refractivity contribution is 0.219. The van der Waals surface area contributed by atoms with E-state index in [-0.39, 0.29) is 0 Å². The van der Waals surface area contributed by atoms with E-state index >= 15 is 0 Å². The Bertz CT molecular complexity index is 606. The fourth-order valence-corrected chi connectivity index (χ4v) is 3.12. The highest BCUT2D eigenvalue weighted by Gasteiger charge is 2.34. The van der Waals surface area contributed by atoms with Gasteiger partial charge in [0.15, 0.2) is 5.82 Å². The van der Waals surface area contributed by atoms with Crippen molar-refractivity contribution in [2.24, 2.45) is 0 Å². The maximum Gasteiger partial charge on any atom is 0.158 e. The predicted molar refractivity (Wildman–Crippen MR) is 80.6 cm³/mol. The zero-order valence-corrected chi connectivity index (χ0v) is 12.3. The summed E-state index contributed by atoms with van der Waals surface area (Å²) < 4.78 is 1.77. The molecule has 1 aliphatic carbocycles. The lowest BCUT2D eigenvalue weighted by Crippen LogP contribution is -2.52. The lowest BCUT2D eigenvalue weighted by atomic mass is 10.2. The molecule has 0 N–H and O–H groups in total. The third-order valence-corrected chi connectivity index (χ3v) is 4.39. The maximum absolute atomic E-state index is 4.46. The van der Waals surface area contributed by atoms with E-state index in [1.165, 1.54) is 12.8 Å². The molecule has 6 nitrogen and oxygen atoms in total. The molecule has 1 saturated carbocycles. The van der Waals surface area contributed by atoms with Crippen molar-refractivity contribution >= 4 is 5.82 Å². The normalized spacial score (nSPS) is 23.5. The molecule has 3 heterocycles. The summed E-state index contributed by atoms with van der Waals surface area (Å²) in [5.74, 6) is 1.82. The second kappa shape index (κ2) is 5.11. The Labute approximate surface area is 124 Å². The third-order valence-electron chi connectivity index (χ3n) is 4.39. The quantitative estimate of drug-likeness (QED) is 0.851. The van der Waals surface area contributed by atoms with Crippen molar-refractivity contribution in [3.63, 3.8) is 0 Å². The molecule has 2 aromatic rings. The minimum Gasteiger partial charge on any atom is -0.351 e. The molecule has 0 bridgehead atoms. The maximum atomic E-state index is 4.46. The summed E-state index contributed by atoms with van der Waals surface area (Å²) >= 11 is 0. The van der Waals surface area contributed by atoms with Crippen molar-refractivity contribution in [2.75, 3.05) is 24.5 Å². The standard InChI is InChI=1S/C15H20N6/c1-12-10-19(13-3-4-13)7-8-20(12)14-9-15(17-11-16-14)21-6-2-5-18-21/h2,5-6,9,11-13H,3-4,7-8,10H2,1H3. The van der Waals surface area contributed by atoms with Crippen LogP contribution in [0.1, 0.15) is 19.8 Å². The van der Waals surface area contributed by atoms with Gasteiger partial charge in [-0.3, -0.25) is 4.90 Å². The van der Waals surface area contributed by atoms with Crippen LogP contribution in [0.5, 0.6) is 0 Å². The van der Waals surface area contributed by atoms with Crippen LogP contribution >= 0.6 is 0 Å². The Morgan fingerprint density at radius 1 is 1.14 bits per heavy atom. The van der Waals surface area contributed by atoms with Crippen molar-refractivity contribution in [3.8, 4) is 5.82 Å². The van der Waals surface area contributed by atoms with Gasteiger partial charge in [0, 0.05) is 50.2 Å². The summed E-state index contributed by atoms with van der Waals surface area (Å²) in [5.41, 5.74) is 0. The average molecular weight is 284 g/mol. The second-order valence-corrected chi connectivity index (χ2v) is 5.95. The fraction of sp³-hybridized carbons (Fsp3) is 0.533. The molecule has 0 aromatic carbocycles. The summed E-state index contributed by atoms with van der Waals surface area (Å²) in [5, 5.41) is 4.23. The first kappa shape index (κ1) is 12.8. The third kappa shape index (κ3) is 2.51. The molecule has 4 rings (SSSR count). The molecule has 2 aromatic heterocycles. The van der Waals surface area contributed by atoms with Crippen molar-refractivity contribution in [3.05, 3.63) is 30.9 Å². The summed E-state index contributed by atoms with van der Waals surface area (Å²) in [4.78, 5) is 13.8. The summed E-state index contributed by atoms with van der Waals surface area (Å²) in [6.45, 7) is 5.58. The first-order valence-electron chi connectivity index (χ1n) is 7.64. The predicted octanol–water partition coefficient (Wildman–Crippen LogP) is 1.34. The SMILES string of the molecule is CC1CN(C2CC2)CCN1c1cc(-n2cccn2)ncn1. The number of hydrogen-bond donors (Lipinski definition) is 0. The molecule has 0 amide bonds. The monoisotopic (exact) mass is 284 g/mol. The molecule has 6 heteroatoms. The average Bonchev–Trinajstić information content (AvgIpc) is 3.22. The molecule has 21 heavy (non-hydrogen) atoms. The molecule has 2 aliphatic rings. The van der Waals surface area contributed by atoms with Gasteiger partial charge in [0.25, 0.3) is 0 Å². The van der Waals surface area contributed by atoms with Crippen LogP contribution in [0.15, 0.2) is 30.9 Å². The molecule has 2 fully saturated rings. The van der Waals surface area contributed by atoms with Crippen LogP contribution in [-0.2, 0) is 0 Å². The number of aromatic nitrogens is 4. The Hall–Kier alpha value is -1.95.